The van der Waals surface area contributed by atoms with Crippen LogP contribution in [0.1, 0.15) is 13.3 Å². The van der Waals surface area contributed by atoms with Crippen LogP contribution in [0.4, 0.5) is 5.69 Å². The van der Waals surface area contributed by atoms with Gasteiger partial charge in [0.15, 0.2) is 5.96 Å². The molecule has 3 saturated heterocycles. The second-order valence-electron chi connectivity index (χ2n) is 8.14. The topological polar surface area (TPSA) is 78.2 Å². The number of aromatic nitrogens is 2. The van der Waals surface area contributed by atoms with Gasteiger partial charge in [-0.15, -0.1) is 24.0 Å². The van der Waals surface area contributed by atoms with Crippen molar-refractivity contribution in [1.82, 2.24) is 24.9 Å². The molecule has 1 aromatic rings. The Labute approximate surface area is 205 Å². The first-order chi connectivity index (χ1) is 14.6. The average molecular weight is 564 g/mol. The summed E-state index contributed by atoms with van der Waals surface area (Å²) in [6, 6.07) is 0. The molecule has 3 aliphatic heterocycles. The Balaban J connectivity index is 0.00000272. The molecule has 1 aromatic heterocycles. The minimum absolute atomic E-state index is 0. The maximum Gasteiger partial charge on any atom is 0.246 e. The third kappa shape index (κ3) is 5.66. The fourth-order valence-corrected chi connectivity index (χ4v) is 5.90. The zero-order valence-corrected chi connectivity index (χ0v) is 21.6. The summed E-state index contributed by atoms with van der Waals surface area (Å²) in [6.07, 6.45) is 4.79. The SMILES string of the molecule is CCNC(=NCC1(N2CCOCC2)CCSC1)N1CCN(c2cnn(C)c2)C(=O)C1.I. The molecule has 31 heavy (non-hydrogen) atoms. The predicted octanol–water partition coefficient (Wildman–Crippen LogP) is 0.860. The summed E-state index contributed by atoms with van der Waals surface area (Å²) < 4.78 is 7.30. The van der Waals surface area contributed by atoms with Gasteiger partial charge in [0.25, 0.3) is 0 Å². The number of thioether (sulfide) groups is 1. The van der Waals surface area contributed by atoms with Crippen LogP contribution in [0, 0.1) is 0 Å². The maximum absolute atomic E-state index is 12.8. The van der Waals surface area contributed by atoms with Crippen molar-refractivity contribution in [3.63, 3.8) is 0 Å². The normalized spacial score (nSPS) is 25.6. The molecule has 4 heterocycles. The number of hydrogen-bond donors (Lipinski definition) is 1. The van der Waals surface area contributed by atoms with Gasteiger partial charge < -0.3 is 19.9 Å². The van der Waals surface area contributed by atoms with Gasteiger partial charge in [0.2, 0.25) is 5.91 Å². The fraction of sp³-hybridized carbons (Fsp3) is 0.750. The highest BCUT2D eigenvalue weighted by molar-refractivity contribution is 14.0. The molecule has 4 rings (SSSR count). The number of nitrogens with zero attached hydrogens (tertiary/aromatic N) is 6. The number of anilines is 1. The number of ether oxygens (including phenoxy) is 1. The zero-order valence-electron chi connectivity index (χ0n) is 18.5. The van der Waals surface area contributed by atoms with E-state index in [2.05, 4.69) is 27.1 Å². The number of amides is 1. The van der Waals surface area contributed by atoms with Gasteiger partial charge >= 0.3 is 0 Å². The summed E-state index contributed by atoms with van der Waals surface area (Å²) in [5.41, 5.74) is 0.967. The first kappa shape index (κ1) is 24.6. The third-order valence-corrected chi connectivity index (χ3v) is 7.38. The number of carbonyl (C=O) groups is 1. The second kappa shape index (κ2) is 11.2. The zero-order chi connectivity index (χ0) is 21.0. The van der Waals surface area contributed by atoms with Crippen LogP contribution in [0.25, 0.3) is 0 Å². The molecule has 0 bridgehead atoms. The summed E-state index contributed by atoms with van der Waals surface area (Å²) in [5.74, 6) is 3.23. The van der Waals surface area contributed by atoms with Crippen LogP contribution in [0.3, 0.4) is 0 Å². The van der Waals surface area contributed by atoms with Crippen molar-refractivity contribution in [2.45, 2.75) is 18.9 Å². The van der Waals surface area contributed by atoms with Crippen molar-refractivity contribution in [3.05, 3.63) is 12.4 Å². The van der Waals surface area contributed by atoms with E-state index in [4.69, 9.17) is 9.73 Å². The standard InChI is InChI=1S/C20H33N7O2S.HI/c1-3-21-19(22-15-20(4-11-30-16-20)26-7-9-29-10-8-26)25-5-6-27(18(28)14-25)17-12-23-24(2)13-17;/h12-13H,3-11,14-16H2,1-2H3,(H,21,22);1H. The first-order valence-electron chi connectivity index (χ1n) is 10.8. The van der Waals surface area contributed by atoms with E-state index in [-0.39, 0.29) is 35.4 Å². The Morgan fingerprint density at radius 3 is 2.74 bits per heavy atom. The lowest BCUT2D eigenvalue weighted by atomic mass is 9.96. The minimum atomic E-state index is 0. The van der Waals surface area contributed by atoms with Crippen LogP contribution in [0.2, 0.25) is 0 Å². The molecular formula is C20H34IN7O2S. The van der Waals surface area contributed by atoms with Crippen LogP contribution in [-0.4, -0.2) is 108 Å². The summed E-state index contributed by atoms with van der Waals surface area (Å²) in [5, 5.41) is 7.61. The Morgan fingerprint density at radius 2 is 2.13 bits per heavy atom. The van der Waals surface area contributed by atoms with E-state index in [1.54, 1.807) is 10.9 Å². The Bertz CT molecular complexity index is 762. The number of aryl methyl sites for hydroxylation is 1. The van der Waals surface area contributed by atoms with E-state index < -0.39 is 0 Å². The van der Waals surface area contributed by atoms with Gasteiger partial charge in [-0.1, -0.05) is 0 Å². The molecule has 0 radical (unpaired) electrons. The number of aliphatic imine (C=N–C) groups is 1. The number of halogens is 1. The van der Waals surface area contributed by atoms with Crippen LogP contribution in [0.5, 0.6) is 0 Å². The molecule has 1 amide bonds. The maximum atomic E-state index is 12.8. The van der Waals surface area contributed by atoms with E-state index in [1.165, 1.54) is 5.75 Å². The van der Waals surface area contributed by atoms with Crippen molar-refractivity contribution in [2.24, 2.45) is 12.0 Å². The molecule has 3 fully saturated rings. The van der Waals surface area contributed by atoms with Crippen LogP contribution < -0.4 is 10.2 Å². The highest BCUT2D eigenvalue weighted by Crippen LogP contribution is 2.34. The van der Waals surface area contributed by atoms with E-state index in [0.29, 0.717) is 13.1 Å². The van der Waals surface area contributed by atoms with E-state index in [1.807, 2.05) is 29.9 Å². The number of hydrogen-bond acceptors (Lipinski definition) is 6. The van der Waals surface area contributed by atoms with Gasteiger partial charge in [-0.3, -0.25) is 19.4 Å². The number of rotatable bonds is 5. The molecule has 0 aliphatic carbocycles. The molecule has 174 valence electrons. The lowest BCUT2D eigenvalue weighted by Gasteiger charge is -2.42. The average Bonchev–Trinajstić information content (AvgIpc) is 3.42. The lowest BCUT2D eigenvalue weighted by molar-refractivity contribution is -0.120. The number of nitrogens with one attached hydrogen (secondary N) is 1. The van der Waals surface area contributed by atoms with Crippen molar-refractivity contribution in [2.75, 3.05) is 75.4 Å². The number of piperazine rings is 1. The van der Waals surface area contributed by atoms with Gasteiger partial charge in [-0.2, -0.15) is 16.9 Å². The molecule has 11 heteroatoms. The second-order valence-corrected chi connectivity index (χ2v) is 9.24. The van der Waals surface area contributed by atoms with Gasteiger partial charge in [0.1, 0.15) is 6.54 Å². The van der Waals surface area contributed by atoms with Gasteiger partial charge in [-0.25, -0.2) is 0 Å². The van der Waals surface area contributed by atoms with Crippen LogP contribution >= 0.6 is 35.7 Å². The lowest BCUT2D eigenvalue weighted by Crippen LogP contribution is -2.57. The van der Waals surface area contributed by atoms with E-state index in [9.17, 15) is 4.79 Å². The van der Waals surface area contributed by atoms with Crippen molar-refractivity contribution in [1.29, 1.82) is 0 Å². The highest BCUT2D eigenvalue weighted by atomic mass is 127. The summed E-state index contributed by atoms with van der Waals surface area (Å²) >= 11 is 2.02. The molecule has 0 saturated carbocycles. The van der Waals surface area contributed by atoms with Gasteiger partial charge in [-0.05, 0) is 19.1 Å². The molecule has 9 nitrogen and oxygen atoms in total. The Hall–Kier alpha value is -1.05. The predicted molar refractivity (Wildman–Crippen MR) is 136 cm³/mol. The highest BCUT2D eigenvalue weighted by Gasteiger charge is 2.41. The number of morpholine rings is 1. The largest absolute Gasteiger partial charge is 0.379 e. The van der Waals surface area contributed by atoms with Crippen molar-refractivity contribution >= 4 is 53.3 Å². The monoisotopic (exact) mass is 563 g/mol. The Kier molecular flexibility index (Phi) is 8.88. The molecule has 0 aromatic carbocycles. The quantitative estimate of drug-likeness (QED) is 0.324. The van der Waals surface area contributed by atoms with Crippen LogP contribution in [-0.2, 0) is 16.6 Å². The molecule has 0 spiro atoms. The summed E-state index contributed by atoms with van der Waals surface area (Å²) in [4.78, 5) is 24.4. The minimum Gasteiger partial charge on any atom is -0.379 e. The van der Waals surface area contributed by atoms with Crippen molar-refractivity contribution in [3.8, 4) is 0 Å². The van der Waals surface area contributed by atoms with Gasteiger partial charge in [0.05, 0.1) is 37.2 Å². The van der Waals surface area contributed by atoms with E-state index in [0.717, 1.165) is 69.8 Å². The fourth-order valence-electron chi connectivity index (χ4n) is 4.43. The van der Waals surface area contributed by atoms with Gasteiger partial charge in [0, 0.05) is 51.7 Å². The Morgan fingerprint density at radius 1 is 1.32 bits per heavy atom. The number of guanidine groups is 1. The smallest absolute Gasteiger partial charge is 0.246 e. The molecular weight excluding hydrogens is 529 g/mol. The summed E-state index contributed by atoms with van der Waals surface area (Å²) in [7, 11) is 1.87. The summed E-state index contributed by atoms with van der Waals surface area (Å²) in [6.45, 7) is 8.93. The van der Waals surface area contributed by atoms with E-state index >= 15 is 0 Å². The molecule has 3 aliphatic rings. The first-order valence-corrected chi connectivity index (χ1v) is 12.0. The van der Waals surface area contributed by atoms with Crippen LogP contribution in [0.15, 0.2) is 17.4 Å². The molecule has 1 unspecified atom stereocenters. The number of carbonyl (C=O) groups excluding carboxylic acids is 1. The third-order valence-electron chi connectivity index (χ3n) is 6.15. The van der Waals surface area contributed by atoms with Crippen molar-refractivity contribution < 1.29 is 9.53 Å². The molecule has 1 N–H and O–H groups in total. The molecule has 1 atom stereocenters.